The van der Waals surface area contributed by atoms with Crippen LogP contribution in [0.25, 0.3) is 0 Å². The van der Waals surface area contributed by atoms with E-state index in [1.165, 1.54) is 19.3 Å². The summed E-state index contributed by atoms with van der Waals surface area (Å²) in [5, 5.41) is 0. The lowest BCUT2D eigenvalue weighted by Gasteiger charge is -2.54. The zero-order valence-corrected chi connectivity index (χ0v) is 14.1. The highest BCUT2D eigenvalue weighted by Crippen LogP contribution is 2.73. The van der Waals surface area contributed by atoms with Gasteiger partial charge in [0.2, 0.25) is 0 Å². The summed E-state index contributed by atoms with van der Waals surface area (Å²) in [6.45, 7) is 6.59. The quantitative estimate of drug-likeness (QED) is 0.642. The van der Waals surface area contributed by atoms with E-state index in [4.69, 9.17) is 4.74 Å². The number of fused-ring (bicyclic) bond motifs is 6. The molecule has 3 nitrogen and oxygen atoms in total. The summed E-state index contributed by atoms with van der Waals surface area (Å²) in [5.41, 5.74) is 2.83. The molecule has 122 valence electrons. The largest absolute Gasteiger partial charge is 0.454 e. The average molecular weight is 312 g/mol. The Kier molecular flexibility index (Phi) is 2.43. The molecule has 0 radical (unpaired) electrons. The van der Waals surface area contributed by atoms with Gasteiger partial charge in [0.25, 0.3) is 0 Å². The molecule has 0 aromatic heterocycles. The second-order valence-electron chi connectivity index (χ2n) is 8.95. The molecule has 6 atom stereocenters. The summed E-state index contributed by atoms with van der Waals surface area (Å²) in [7, 11) is 0. The van der Waals surface area contributed by atoms with Crippen molar-refractivity contribution in [2.45, 2.75) is 59.0 Å². The monoisotopic (exact) mass is 312 g/mol. The number of ketones is 1. The average Bonchev–Trinajstić information content (AvgIpc) is 3.10. The molecule has 3 fully saturated rings. The lowest BCUT2D eigenvalue weighted by molar-refractivity contribution is -0.141. The van der Waals surface area contributed by atoms with Crippen LogP contribution in [0.4, 0.5) is 0 Å². The van der Waals surface area contributed by atoms with Crippen LogP contribution in [0.15, 0.2) is 22.8 Å². The molecule has 0 bridgehead atoms. The van der Waals surface area contributed by atoms with E-state index in [2.05, 4.69) is 19.9 Å². The first-order valence-electron chi connectivity index (χ1n) is 9.03. The van der Waals surface area contributed by atoms with Crippen LogP contribution in [-0.2, 0) is 14.3 Å². The number of hydrogen-bond acceptors (Lipinski definition) is 3. The van der Waals surface area contributed by atoms with E-state index in [1.54, 1.807) is 6.92 Å². The summed E-state index contributed by atoms with van der Waals surface area (Å²) < 4.78 is 5.52. The fraction of sp³-hybridized carbons (Fsp3) is 0.700. The van der Waals surface area contributed by atoms with Crippen LogP contribution >= 0.6 is 0 Å². The van der Waals surface area contributed by atoms with Crippen LogP contribution in [-0.4, -0.2) is 17.9 Å². The summed E-state index contributed by atoms with van der Waals surface area (Å²) in [6, 6.07) is 0. The molecule has 1 heterocycles. The van der Waals surface area contributed by atoms with Crippen molar-refractivity contribution >= 4 is 11.8 Å². The molecule has 1 unspecified atom stereocenters. The molecular formula is C20H24O3. The van der Waals surface area contributed by atoms with E-state index in [0.717, 1.165) is 24.3 Å². The minimum Gasteiger partial charge on any atom is -0.454 e. The summed E-state index contributed by atoms with van der Waals surface area (Å²) in [6.07, 6.45) is 7.64. The number of rotatable bonds is 0. The zero-order valence-electron chi connectivity index (χ0n) is 14.1. The molecule has 0 N–H and O–H groups in total. The van der Waals surface area contributed by atoms with Gasteiger partial charge in [0.05, 0.1) is 5.57 Å². The Bertz CT molecular complexity index is 714. The minimum absolute atomic E-state index is 0.0948. The van der Waals surface area contributed by atoms with Crippen molar-refractivity contribution in [3.05, 3.63) is 22.8 Å². The third-order valence-corrected chi connectivity index (χ3v) is 8.07. The van der Waals surface area contributed by atoms with Crippen LogP contribution in [0.5, 0.6) is 0 Å². The highest BCUT2D eigenvalue weighted by atomic mass is 16.5. The van der Waals surface area contributed by atoms with Gasteiger partial charge in [-0.2, -0.15) is 0 Å². The molecule has 4 aliphatic carbocycles. The van der Waals surface area contributed by atoms with Crippen molar-refractivity contribution in [2.24, 2.45) is 28.6 Å². The van der Waals surface area contributed by atoms with E-state index in [1.807, 2.05) is 0 Å². The molecule has 23 heavy (non-hydrogen) atoms. The summed E-state index contributed by atoms with van der Waals surface area (Å²) >= 11 is 0. The van der Waals surface area contributed by atoms with Crippen molar-refractivity contribution in [3.63, 3.8) is 0 Å². The van der Waals surface area contributed by atoms with Crippen LogP contribution in [0.3, 0.4) is 0 Å². The summed E-state index contributed by atoms with van der Waals surface area (Å²) in [5.74, 6) is 1.64. The van der Waals surface area contributed by atoms with E-state index < -0.39 is 0 Å². The van der Waals surface area contributed by atoms with Crippen molar-refractivity contribution in [3.8, 4) is 0 Å². The Morgan fingerprint density at radius 2 is 2.00 bits per heavy atom. The number of allylic oxidation sites excluding steroid dienone is 2. The highest BCUT2D eigenvalue weighted by Gasteiger charge is 2.66. The van der Waals surface area contributed by atoms with Gasteiger partial charge in [-0.15, -0.1) is 0 Å². The number of hydrogen-bond donors (Lipinski definition) is 0. The van der Waals surface area contributed by atoms with Gasteiger partial charge in [0.1, 0.15) is 6.10 Å². The molecule has 1 aliphatic heterocycles. The maximum Gasteiger partial charge on any atom is 0.334 e. The fourth-order valence-electron chi connectivity index (χ4n) is 6.57. The van der Waals surface area contributed by atoms with Gasteiger partial charge in [-0.05, 0) is 73.2 Å². The number of esters is 1. The highest BCUT2D eigenvalue weighted by molar-refractivity contribution is 6.16. The second-order valence-corrected chi connectivity index (χ2v) is 8.95. The lowest BCUT2D eigenvalue weighted by atomic mass is 9.49. The molecule has 0 saturated heterocycles. The molecular weight excluding hydrogens is 288 g/mol. The summed E-state index contributed by atoms with van der Waals surface area (Å²) in [4.78, 5) is 24.9. The number of ether oxygens (including phenoxy) is 1. The third-order valence-electron chi connectivity index (χ3n) is 8.07. The van der Waals surface area contributed by atoms with Gasteiger partial charge in [-0.25, -0.2) is 4.79 Å². The molecule has 0 spiro atoms. The maximum atomic E-state index is 13.0. The Hall–Kier alpha value is -1.38. The third kappa shape index (κ3) is 1.52. The maximum absolute atomic E-state index is 13.0. The lowest BCUT2D eigenvalue weighted by Crippen LogP contribution is -2.50. The van der Waals surface area contributed by atoms with Crippen LogP contribution in [0.2, 0.25) is 0 Å². The topological polar surface area (TPSA) is 43.4 Å². The van der Waals surface area contributed by atoms with Gasteiger partial charge >= 0.3 is 5.97 Å². The van der Waals surface area contributed by atoms with E-state index >= 15 is 0 Å². The molecule has 5 aliphatic rings. The second kappa shape index (κ2) is 3.99. The molecule has 0 amide bonds. The van der Waals surface area contributed by atoms with Crippen molar-refractivity contribution < 1.29 is 14.3 Å². The van der Waals surface area contributed by atoms with Crippen molar-refractivity contribution in [1.29, 1.82) is 0 Å². The number of carbonyl (C=O) groups excluding carboxylic acids is 2. The standard InChI is InChI=1S/C20H24O3/c1-10-16-14(23-18(10)22)8-13-12(17(16)21)4-5-15-19(13,2)7-6-11-9-20(11,15)3/h4,11,13-15H,5-9H2,1-3H3/t11?,13-,14-,15+,19+,20+/m1/s1. The van der Waals surface area contributed by atoms with Gasteiger partial charge in [-0.3, -0.25) is 4.79 Å². The normalized spacial score (nSPS) is 50.5. The van der Waals surface area contributed by atoms with Gasteiger partial charge < -0.3 is 4.74 Å². The van der Waals surface area contributed by atoms with E-state index in [-0.39, 0.29) is 29.2 Å². The molecule has 3 heteroatoms. The SMILES string of the molecule is CC1=C2C(=O)C3=CC[C@H]4[C@@](C)(CCC5C[C@@]54C)[C@@H]3C[C@H]2OC1=O. The van der Waals surface area contributed by atoms with Crippen molar-refractivity contribution in [2.75, 3.05) is 0 Å². The first kappa shape index (κ1) is 14.0. The van der Waals surface area contributed by atoms with E-state index in [0.29, 0.717) is 22.5 Å². The Labute approximate surface area is 137 Å². The van der Waals surface area contributed by atoms with Crippen LogP contribution < -0.4 is 0 Å². The predicted molar refractivity (Wildman–Crippen MR) is 85.4 cm³/mol. The number of Topliss-reactive ketones (excluding diaryl/α,β-unsaturated/α-hetero) is 1. The number of carbonyl (C=O) groups is 2. The Morgan fingerprint density at radius 3 is 2.78 bits per heavy atom. The molecule has 5 rings (SSSR count). The predicted octanol–water partition coefficient (Wildman–Crippen LogP) is 3.59. The molecule has 0 aromatic rings. The van der Waals surface area contributed by atoms with Crippen LogP contribution in [0.1, 0.15) is 52.9 Å². The Morgan fingerprint density at radius 1 is 1.22 bits per heavy atom. The zero-order chi connectivity index (χ0) is 16.1. The first-order chi connectivity index (χ1) is 10.9. The minimum atomic E-state index is -0.294. The van der Waals surface area contributed by atoms with Gasteiger partial charge in [-0.1, -0.05) is 19.9 Å². The molecule has 3 saturated carbocycles. The van der Waals surface area contributed by atoms with E-state index in [9.17, 15) is 9.59 Å². The van der Waals surface area contributed by atoms with Crippen molar-refractivity contribution in [1.82, 2.24) is 0 Å². The Balaban J connectivity index is 1.60. The van der Waals surface area contributed by atoms with Gasteiger partial charge in [0, 0.05) is 5.57 Å². The fourth-order valence-corrected chi connectivity index (χ4v) is 6.57. The first-order valence-corrected chi connectivity index (χ1v) is 9.03. The smallest absolute Gasteiger partial charge is 0.334 e. The van der Waals surface area contributed by atoms with Gasteiger partial charge in [0.15, 0.2) is 5.78 Å². The molecule has 0 aromatic carbocycles. The van der Waals surface area contributed by atoms with Crippen LogP contribution in [0, 0.1) is 28.6 Å².